The van der Waals surface area contributed by atoms with Crippen LogP contribution in [0.5, 0.6) is 0 Å². The molecule has 0 spiro atoms. The Morgan fingerprint density at radius 1 is 1.41 bits per heavy atom. The van der Waals surface area contributed by atoms with E-state index in [0.29, 0.717) is 10.5 Å². The highest BCUT2D eigenvalue weighted by Gasteiger charge is 2.25. The van der Waals surface area contributed by atoms with Gasteiger partial charge >= 0.3 is 0 Å². The Bertz CT molecular complexity index is 405. The fourth-order valence-corrected chi connectivity index (χ4v) is 3.17. The van der Waals surface area contributed by atoms with Gasteiger partial charge in [0.25, 0.3) is 0 Å². The van der Waals surface area contributed by atoms with Crippen LogP contribution in [-0.4, -0.2) is 6.04 Å². The molecule has 0 saturated heterocycles. The number of hydrogen-bond donors (Lipinski definition) is 1. The second-order valence-corrected chi connectivity index (χ2v) is 5.79. The van der Waals surface area contributed by atoms with Crippen molar-refractivity contribution in [2.45, 2.75) is 45.6 Å². The molecule has 3 heteroatoms. The van der Waals surface area contributed by atoms with Crippen LogP contribution >= 0.6 is 15.9 Å². The van der Waals surface area contributed by atoms with E-state index < -0.39 is 0 Å². The third kappa shape index (κ3) is 2.82. The van der Waals surface area contributed by atoms with Crippen molar-refractivity contribution in [2.75, 3.05) is 5.32 Å². The predicted molar refractivity (Wildman–Crippen MR) is 73.9 cm³/mol. The van der Waals surface area contributed by atoms with E-state index in [1.165, 1.54) is 25.7 Å². The first kappa shape index (κ1) is 12.9. The molecule has 1 nitrogen and oxygen atoms in total. The quantitative estimate of drug-likeness (QED) is 0.838. The molecule has 1 aliphatic rings. The molecule has 94 valence electrons. The molecule has 1 aromatic rings. The summed E-state index contributed by atoms with van der Waals surface area (Å²) in [5.74, 6) is 0.547. The smallest absolute Gasteiger partial charge is 0.139 e. The van der Waals surface area contributed by atoms with Crippen LogP contribution in [-0.2, 0) is 0 Å². The number of nitrogens with one attached hydrogen (secondary N) is 1. The molecule has 0 heterocycles. The lowest BCUT2D eigenvalue weighted by Crippen LogP contribution is -2.23. The molecule has 0 aromatic heterocycles. The van der Waals surface area contributed by atoms with Crippen LogP contribution in [0.3, 0.4) is 0 Å². The van der Waals surface area contributed by atoms with Crippen molar-refractivity contribution in [3.05, 3.63) is 28.0 Å². The minimum absolute atomic E-state index is 0.191. The molecule has 0 radical (unpaired) electrons. The van der Waals surface area contributed by atoms with Gasteiger partial charge in [0.2, 0.25) is 0 Å². The maximum absolute atomic E-state index is 13.5. The minimum Gasteiger partial charge on any atom is -0.382 e. The summed E-state index contributed by atoms with van der Waals surface area (Å²) in [5, 5.41) is 3.52. The van der Waals surface area contributed by atoms with Gasteiger partial charge in [0, 0.05) is 11.7 Å². The van der Waals surface area contributed by atoms with Crippen molar-refractivity contribution < 1.29 is 4.39 Å². The molecule has 0 bridgehead atoms. The zero-order chi connectivity index (χ0) is 12.4. The lowest BCUT2D eigenvalue weighted by atomic mass is 10.00. The Labute approximate surface area is 111 Å². The molecule has 2 unspecified atom stereocenters. The maximum Gasteiger partial charge on any atom is 0.139 e. The number of aryl methyl sites for hydroxylation is 1. The summed E-state index contributed by atoms with van der Waals surface area (Å²) in [7, 11) is 0. The topological polar surface area (TPSA) is 12.0 Å². The molecule has 2 rings (SSSR count). The zero-order valence-electron chi connectivity index (χ0n) is 10.4. The summed E-state index contributed by atoms with van der Waals surface area (Å²) in [6, 6.07) is 3.96. The van der Waals surface area contributed by atoms with Crippen molar-refractivity contribution in [1.82, 2.24) is 0 Å². The summed E-state index contributed by atoms with van der Waals surface area (Å²) in [5.41, 5.74) is 2.04. The van der Waals surface area contributed by atoms with E-state index in [0.717, 1.165) is 17.2 Å². The molecule has 0 amide bonds. The Kier molecular flexibility index (Phi) is 4.08. The third-order valence-electron chi connectivity index (χ3n) is 3.79. The summed E-state index contributed by atoms with van der Waals surface area (Å²) >= 11 is 3.22. The van der Waals surface area contributed by atoms with Crippen molar-refractivity contribution in [3.63, 3.8) is 0 Å². The van der Waals surface area contributed by atoms with Crippen LogP contribution in [0.25, 0.3) is 0 Å². The van der Waals surface area contributed by atoms with E-state index in [9.17, 15) is 4.39 Å². The monoisotopic (exact) mass is 299 g/mol. The van der Waals surface area contributed by atoms with Gasteiger partial charge in [-0.15, -0.1) is 0 Å². The van der Waals surface area contributed by atoms with Gasteiger partial charge in [-0.05, 0) is 59.3 Å². The van der Waals surface area contributed by atoms with E-state index >= 15 is 0 Å². The molecule has 1 fully saturated rings. The molecule has 1 saturated carbocycles. The Morgan fingerprint density at radius 2 is 2.18 bits per heavy atom. The standard InChI is InChI=1S/C14H19BrFN/c1-3-10-5-4-6-13(10)17-14-8-12(16)11(15)7-9(14)2/h7-8,10,13,17H,3-6H2,1-2H3. The lowest BCUT2D eigenvalue weighted by molar-refractivity contribution is 0.488. The van der Waals surface area contributed by atoms with Crippen LogP contribution in [0.2, 0.25) is 0 Å². The first-order valence-corrected chi connectivity index (χ1v) is 7.13. The zero-order valence-corrected chi connectivity index (χ0v) is 12.0. The van der Waals surface area contributed by atoms with Crippen LogP contribution in [0.4, 0.5) is 10.1 Å². The first-order valence-electron chi connectivity index (χ1n) is 6.34. The largest absolute Gasteiger partial charge is 0.382 e. The van der Waals surface area contributed by atoms with Gasteiger partial charge in [0.05, 0.1) is 4.47 Å². The third-order valence-corrected chi connectivity index (χ3v) is 4.40. The van der Waals surface area contributed by atoms with Gasteiger partial charge in [0.15, 0.2) is 0 Å². The summed E-state index contributed by atoms with van der Waals surface area (Å²) in [6.45, 7) is 4.25. The molecule has 1 N–H and O–H groups in total. The molecular formula is C14H19BrFN. The summed E-state index contributed by atoms with van der Waals surface area (Å²) in [6.07, 6.45) is 4.99. The maximum atomic E-state index is 13.5. The Morgan fingerprint density at radius 3 is 2.88 bits per heavy atom. The van der Waals surface area contributed by atoms with Crippen LogP contribution in [0.15, 0.2) is 16.6 Å². The lowest BCUT2D eigenvalue weighted by Gasteiger charge is -2.22. The SMILES string of the molecule is CCC1CCCC1Nc1cc(F)c(Br)cc1C. The van der Waals surface area contributed by atoms with Crippen molar-refractivity contribution in [3.8, 4) is 0 Å². The molecule has 2 atom stereocenters. The van der Waals surface area contributed by atoms with Crippen LogP contribution in [0.1, 0.15) is 38.2 Å². The van der Waals surface area contributed by atoms with Crippen molar-refractivity contribution in [1.29, 1.82) is 0 Å². The molecule has 1 aromatic carbocycles. The number of halogens is 2. The molecule has 1 aliphatic carbocycles. The van der Waals surface area contributed by atoms with Gasteiger partial charge in [-0.2, -0.15) is 0 Å². The Hall–Kier alpha value is -0.570. The summed E-state index contributed by atoms with van der Waals surface area (Å²) < 4.78 is 14.1. The number of benzene rings is 1. The molecule has 0 aliphatic heterocycles. The minimum atomic E-state index is -0.191. The van der Waals surface area contributed by atoms with Crippen LogP contribution < -0.4 is 5.32 Å². The highest BCUT2D eigenvalue weighted by atomic mass is 79.9. The van der Waals surface area contributed by atoms with Gasteiger partial charge < -0.3 is 5.32 Å². The van der Waals surface area contributed by atoms with Gasteiger partial charge in [-0.25, -0.2) is 4.39 Å². The predicted octanol–water partition coefficient (Wildman–Crippen LogP) is 4.89. The number of rotatable bonds is 3. The number of hydrogen-bond acceptors (Lipinski definition) is 1. The van der Waals surface area contributed by atoms with Crippen molar-refractivity contribution >= 4 is 21.6 Å². The van der Waals surface area contributed by atoms with E-state index in [1.807, 2.05) is 13.0 Å². The van der Waals surface area contributed by atoms with E-state index in [2.05, 4.69) is 28.2 Å². The fraction of sp³-hybridized carbons (Fsp3) is 0.571. The Balaban J connectivity index is 2.15. The van der Waals surface area contributed by atoms with E-state index in [1.54, 1.807) is 6.07 Å². The fourth-order valence-electron chi connectivity index (χ4n) is 2.72. The summed E-state index contributed by atoms with van der Waals surface area (Å²) in [4.78, 5) is 0. The van der Waals surface area contributed by atoms with E-state index in [4.69, 9.17) is 0 Å². The van der Waals surface area contributed by atoms with Gasteiger partial charge in [-0.1, -0.05) is 19.8 Å². The van der Waals surface area contributed by atoms with Gasteiger partial charge in [0.1, 0.15) is 5.82 Å². The van der Waals surface area contributed by atoms with Gasteiger partial charge in [-0.3, -0.25) is 0 Å². The number of anilines is 1. The second-order valence-electron chi connectivity index (χ2n) is 4.93. The second kappa shape index (κ2) is 5.38. The van der Waals surface area contributed by atoms with E-state index in [-0.39, 0.29) is 5.82 Å². The molecular weight excluding hydrogens is 281 g/mol. The molecule has 17 heavy (non-hydrogen) atoms. The average molecular weight is 300 g/mol. The normalized spacial score (nSPS) is 24.0. The highest BCUT2D eigenvalue weighted by molar-refractivity contribution is 9.10. The van der Waals surface area contributed by atoms with Crippen LogP contribution in [0, 0.1) is 18.7 Å². The first-order chi connectivity index (χ1) is 8.11. The van der Waals surface area contributed by atoms with Crippen molar-refractivity contribution in [2.24, 2.45) is 5.92 Å². The highest BCUT2D eigenvalue weighted by Crippen LogP contribution is 2.32. The average Bonchev–Trinajstić information content (AvgIpc) is 2.73.